The van der Waals surface area contributed by atoms with Gasteiger partial charge in [0.2, 0.25) is 0 Å². The number of aromatic nitrogens is 1. The first-order valence-corrected chi connectivity index (χ1v) is 7.87. The monoisotopic (exact) mass is 308 g/mol. The van der Waals surface area contributed by atoms with Crippen LogP contribution in [0.3, 0.4) is 0 Å². The van der Waals surface area contributed by atoms with Gasteiger partial charge in [-0.1, -0.05) is 18.5 Å². The number of benzene rings is 1. The molecule has 2 atom stereocenters. The van der Waals surface area contributed by atoms with Crippen LogP contribution in [0.1, 0.15) is 18.4 Å². The molecular formula is C14H17ClN4S. The number of nitrogens with one attached hydrogen (secondary N) is 2. The second kappa shape index (κ2) is 5.58. The van der Waals surface area contributed by atoms with E-state index in [2.05, 4.69) is 27.5 Å². The van der Waals surface area contributed by atoms with Gasteiger partial charge < -0.3 is 10.6 Å². The van der Waals surface area contributed by atoms with Crippen molar-refractivity contribution < 1.29 is 0 Å². The summed E-state index contributed by atoms with van der Waals surface area (Å²) in [5, 5.41) is 8.47. The lowest BCUT2D eigenvalue weighted by Crippen LogP contribution is -2.38. The van der Waals surface area contributed by atoms with Crippen molar-refractivity contribution in [3.8, 4) is 0 Å². The number of guanidine groups is 1. The summed E-state index contributed by atoms with van der Waals surface area (Å²) in [5.74, 6) is 1.59. The summed E-state index contributed by atoms with van der Waals surface area (Å²) in [5.41, 5.74) is 0.957. The number of thiazole rings is 1. The third-order valence-electron chi connectivity index (χ3n) is 3.46. The number of aliphatic imine (C=N–C) groups is 1. The maximum Gasteiger partial charge on any atom is 0.191 e. The van der Waals surface area contributed by atoms with Gasteiger partial charge in [0.15, 0.2) is 5.96 Å². The summed E-state index contributed by atoms with van der Waals surface area (Å²) in [7, 11) is 1.79. The average Bonchev–Trinajstić information content (AvgIpc) is 2.97. The molecule has 0 spiro atoms. The molecule has 0 saturated heterocycles. The third kappa shape index (κ3) is 3.04. The highest BCUT2D eigenvalue weighted by Crippen LogP contribution is 2.29. The Balaban J connectivity index is 1.63. The van der Waals surface area contributed by atoms with Crippen LogP contribution < -0.4 is 10.6 Å². The van der Waals surface area contributed by atoms with E-state index >= 15 is 0 Å². The normalized spacial score (nSPS) is 22.1. The molecule has 2 N–H and O–H groups in total. The minimum atomic E-state index is 0.565. The van der Waals surface area contributed by atoms with Crippen molar-refractivity contribution in [1.29, 1.82) is 0 Å². The molecular weight excluding hydrogens is 292 g/mol. The lowest BCUT2D eigenvalue weighted by molar-refractivity contribution is 0.762. The van der Waals surface area contributed by atoms with Gasteiger partial charge >= 0.3 is 0 Å². The number of halogens is 1. The lowest BCUT2D eigenvalue weighted by Gasteiger charge is -2.09. The van der Waals surface area contributed by atoms with Crippen molar-refractivity contribution in [3.63, 3.8) is 0 Å². The molecule has 1 aliphatic carbocycles. The number of hydrogen-bond acceptors (Lipinski definition) is 3. The van der Waals surface area contributed by atoms with E-state index < -0.39 is 0 Å². The number of fused-ring (bicyclic) bond motifs is 1. The zero-order valence-electron chi connectivity index (χ0n) is 11.5. The summed E-state index contributed by atoms with van der Waals surface area (Å²) >= 11 is 7.65. The Hall–Kier alpha value is -1.33. The van der Waals surface area contributed by atoms with Crippen molar-refractivity contribution in [3.05, 3.63) is 28.2 Å². The summed E-state index contributed by atoms with van der Waals surface area (Å²) in [6.07, 6.45) is 1.22. The number of nitrogens with zero attached hydrogens (tertiary/aromatic N) is 2. The SMILES string of the molecule is CN=C(NCc1nc2cc(Cl)ccc2s1)NC1CC1C. The van der Waals surface area contributed by atoms with Gasteiger partial charge in [0.05, 0.1) is 16.8 Å². The second-order valence-corrected chi connectivity index (χ2v) is 6.66. The van der Waals surface area contributed by atoms with Crippen molar-refractivity contribution in [2.75, 3.05) is 7.05 Å². The van der Waals surface area contributed by atoms with E-state index in [-0.39, 0.29) is 0 Å². The molecule has 1 fully saturated rings. The molecule has 4 nitrogen and oxygen atoms in total. The molecule has 0 radical (unpaired) electrons. The first kappa shape index (κ1) is 13.6. The van der Waals surface area contributed by atoms with Crippen LogP contribution in [0, 0.1) is 5.92 Å². The van der Waals surface area contributed by atoms with E-state index in [1.807, 2.05) is 18.2 Å². The molecule has 106 valence electrons. The molecule has 1 heterocycles. The highest BCUT2D eigenvalue weighted by molar-refractivity contribution is 7.18. The predicted octanol–water partition coefficient (Wildman–Crippen LogP) is 3.02. The van der Waals surface area contributed by atoms with Gasteiger partial charge in [-0.3, -0.25) is 4.99 Å². The van der Waals surface area contributed by atoms with Crippen molar-refractivity contribution in [1.82, 2.24) is 15.6 Å². The van der Waals surface area contributed by atoms with Crippen LogP contribution in [0.2, 0.25) is 5.02 Å². The molecule has 0 amide bonds. The predicted molar refractivity (Wildman–Crippen MR) is 85.5 cm³/mol. The van der Waals surface area contributed by atoms with Crippen LogP contribution in [0.15, 0.2) is 23.2 Å². The minimum Gasteiger partial charge on any atom is -0.353 e. The fourth-order valence-corrected chi connectivity index (χ4v) is 3.13. The smallest absolute Gasteiger partial charge is 0.191 e. The summed E-state index contributed by atoms with van der Waals surface area (Å²) in [4.78, 5) is 8.81. The molecule has 1 aromatic heterocycles. The topological polar surface area (TPSA) is 49.3 Å². The van der Waals surface area contributed by atoms with Crippen molar-refractivity contribution in [2.45, 2.75) is 25.9 Å². The zero-order chi connectivity index (χ0) is 14.1. The molecule has 3 rings (SSSR count). The molecule has 1 aromatic carbocycles. The van der Waals surface area contributed by atoms with E-state index in [9.17, 15) is 0 Å². The van der Waals surface area contributed by atoms with Gasteiger partial charge in [-0.15, -0.1) is 11.3 Å². The van der Waals surface area contributed by atoms with Gasteiger partial charge in [0.1, 0.15) is 5.01 Å². The van der Waals surface area contributed by atoms with Gasteiger partial charge in [-0.25, -0.2) is 4.98 Å². The van der Waals surface area contributed by atoms with Crippen LogP contribution in [-0.4, -0.2) is 24.0 Å². The summed E-state index contributed by atoms with van der Waals surface area (Å²) in [6.45, 7) is 2.92. The molecule has 20 heavy (non-hydrogen) atoms. The van der Waals surface area contributed by atoms with E-state index in [4.69, 9.17) is 11.6 Å². The van der Waals surface area contributed by atoms with Gasteiger partial charge in [-0.05, 0) is 30.5 Å². The molecule has 1 aliphatic rings. The average molecular weight is 309 g/mol. The fraction of sp³-hybridized carbons (Fsp3) is 0.429. The molecule has 1 saturated carbocycles. The van der Waals surface area contributed by atoms with E-state index in [0.29, 0.717) is 12.6 Å². The molecule has 0 aliphatic heterocycles. The summed E-state index contributed by atoms with van der Waals surface area (Å²) < 4.78 is 1.16. The zero-order valence-corrected chi connectivity index (χ0v) is 13.1. The highest BCUT2D eigenvalue weighted by atomic mass is 35.5. The first-order valence-electron chi connectivity index (χ1n) is 6.68. The summed E-state index contributed by atoms with van der Waals surface area (Å²) in [6, 6.07) is 6.37. The minimum absolute atomic E-state index is 0.565. The van der Waals surface area contributed by atoms with E-state index in [1.165, 1.54) is 6.42 Å². The van der Waals surface area contributed by atoms with Gasteiger partial charge in [0.25, 0.3) is 0 Å². The maximum absolute atomic E-state index is 5.98. The van der Waals surface area contributed by atoms with Crippen LogP contribution in [0.4, 0.5) is 0 Å². The van der Waals surface area contributed by atoms with Crippen molar-refractivity contribution in [2.24, 2.45) is 10.9 Å². The van der Waals surface area contributed by atoms with E-state index in [1.54, 1.807) is 18.4 Å². The Labute approximate surface area is 127 Å². The quantitative estimate of drug-likeness (QED) is 0.677. The Morgan fingerprint density at radius 1 is 1.55 bits per heavy atom. The van der Waals surface area contributed by atoms with E-state index in [0.717, 1.165) is 32.1 Å². The van der Waals surface area contributed by atoms with Gasteiger partial charge in [0, 0.05) is 18.1 Å². The standard InChI is InChI=1S/C14H17ClN4S/c1-8-5-10(8)19-14(16-2)17-7-13-18-11-6-9(15)3-4-12(11)20-13/h3-4,6,8,10H,5,7H2,1-2H3,(H2,16,17,19). The molecule has 0 bridgehead atoms. The maximum atomic E-state index is 5.98. The lowest BCUT2D eigenvalue weighted by atomic mass is 10.3. The molecule has 6 heteroatoms. The Morgan fingerprint density at radius 3 is 3.05 bits per heavy atom. The van der Waals surface area contributed by atoms with Crippen LogP contribution in [-0.2, 0) is 6.54 Å². The van der Waals surface area contributed by atoms with Crippen LogP contribution >= 0.6 is 22.9 Å². The largest absolute Gasteiger partial charge is 0.353 e. The van der Waals surface area contributed by atoms with Crippen molar-refractivity contribution >= 4 is 39.1 Å². The Kier molecular flexibility index (Phi) is 3.81. The Morgan fingerprint density at radius 2 is 2.35 bits per heavy atom. The highest BCUT2D eigenvalue weighted by Gasteiger charge is 2.33. The van der Waals surface area contributed by atoms with Crippen LogP contribution in [0.25, 0.3) is 10.2 Å². The van der Waals surface area contributed by atoms with Crippen LogP contribution in [0.5, 0.6) is 0 Å². The second-order valence-electron chi connectivity index (χ2n) is 5.11. The fourth-order valence-electron chi connectivity index (χ4n) is 2.08. The third-order valence-corrected chi connectivity index (χ3v) is 4.73. The van der Waals surface area contributed by atoms with Gasteiger partial charge in [-0.2, -0.15) is 0 Å². The number of rotatable bonds is 3. The Bertz CT molecular complexity index is 652. The number of hydrogen-bond donors (Lipinski definition) is 2. The molecule has 2 aromatic rings. The first-order chi connectivity index (χ1) is 9.65. The molecule has 2 unspecified atom stereocenters.